The highest BCUT2D eigenvalue weighted by Gasteiger charge is 2.27. The smallest absolute Gasteiger partial charge is 0.0543 e. The van der Waals surface area contributed by atoms with E-state index in [9.17, 15) is 0 Å². The Morgan fingerprint density at radius 3 is 2.18 bits per heavy atom. The summed E-state index contributed by atoms with van der Waals surface area (Å²) < 4.78 is 2.18. The minimum Gasteiger partial charge on any atom is -0.298 e. The van der Waals surface area contributed by atoms with Crippen LogP contribution < -0.4 is 0 Å². The molecule has 0 unspecified atom stereocenters. The summed E-state index contributed by atoms with van der Waals surface area (Å²) in [5, 5.41) is 4.50. The lowest BCUT2D eigenvalue weighted by Gasteiger charge is -2.40. The van der Waals surface area contributed by atoms with Gasteiger partial charge in [-0.1, -0.05) is 19.4 Å². The third-order valence-corrected chi connectivity index (χ3v) is 4.45. The van der Waals surface area contributed by atoms with E-state index < -0.39 is 0 Å². The zero-order chi connectivity index (χ0) is 16.8. The predicted molar refractivity (Wildman–Crippen MR) is 96.3 cm³/mol. The van der Waals surface area contributed by atoms with Gasteiger partial charge in [0, 0.05) is 24.8 Å². The van der Waals surface area contributed by atoms with Gasteiger partial charge in [-0.05, 0) is 58.9 Å². The molecule has 22 heavy (non-hydrogen) atoms. The van der Waals surface area contributed by atoms with Crippen LogP contribution in [0, 0.1) is 0 Å². The van der Waals surface area contributed by atoms with Crippen molar-refractivity contribution in [2.45, 2.75) is 78.8 Å². The summed E-state index contributed by atoms with van der Waals surface area (Å²) in [6, 6.07) is 0.605. The summed E-state index contributed by atoms with van der Waals surface area (Å²) in [6.07, 6.45) is 8.87. The van der Waals surface area contributed by atoms with Crippen molar-refractivity contribution in [1.29, 1.82) is 0 Å². The fourth-order valence-corrected chi connectivity index (χ4v) is 2.56. The molecule has 1 aliphatic rings. The van der Waals surface area contributed by atoms with Crippen molar-refractivity contribution >= 4 is 0 Å². The van der Waals surface area contributed by atoms with Gasteiger partial charge in [0.2, 0.25) is 0 Å². The van der Waals surface area contributed by atoms with E-state index in [1.165, 1.54) is 37.1 Å². The number of hydrogen-bond acceptors (Lipinski definition) is 2. The summed E-state index contributed by atoms with van der Waals surface area (Å²) in [4.78, 5) is 2.58. The summed E-state index contributed by atoms with van der Waals surface area (Å²) >= 11 is 0. The highest BCUT2D eigenvalue weighted by atomic mass is 15.3. The number of rotatable bonds is 3. The zero-order valence-electron chi connectivity index (χ0n) is 15.5. The lowest BCUT2D eigenvalue weighted by Crippen LogP contribution is -2.46. The SMILES string of the molecule is C=C(C)CC.CCc1cnn(C2CCN(C(C)(C)C)CC2)c1. The van der Waals surface area contributed by atoms with Crippen LogP contribution in [-0.2, 0) is 6.42 Å². The molecule has 0 saturated carbocycles. The van der Waals surface area contributed by atoms with Gasteiger partial charge in [-0.3, -0.25) is 9.58 Å². The molecule has 1 saturated heterocycles. The van der Waals surface area contributed by atoms with Crippen LogP contribution in [0.5, 0.6) is 0 Å². The molecule has 2 rings (SSSR count). The Labute approximate surface area is 137 Å². The van der Waals surface area contributed by atoms with Crippen molar-refractivity contribution in [3.63, 3.8) is 0 Å². The number of allylic oxidation sites excluding steroid dienone is 1. The van der Waals surface area contributed by atoms with Crippen LogP contribution in [-0.4, -0.2) is 33.3 Å². The third kappa shape index (κ3) is 5.96. The van der Waals surface area contributed by atoms with E-state index >= 15 is 0 Å². The molecule has 0 N–H and O–H groups in total. The van der Waals surface area contributed by atoms with Gasteiger partial charge in [-0.25, -0.2) is 0 Å². The monoisotopic (exact) mass is 305 g/mol. The number of aryl methyl sites for hydroxylation is 1. The van der Waals surface area contributed by atoms with Gasteiger partial charge >= 0.3 is 0 Å². The van der Waals surface area contributed by atoms with Crippen LogP contribution in [0.3, 0.4) is 0 Å². The van der Waals surface area contributed by atoms with Crippen molar-refractivity contribution < 1.29 is 0 Å². The van der Waals surface area contributed by atoms with Crippen LogP contribution in [0.15, 0.2) is 24.5 Å². The van der Waals surface area contributed by atoms with Crippen LogP contribution in [0.2, 0.25) is 0 Å². The molecule has 3 heteroatoms. The molecule has 0 amide bonds. The standard InChI is InChI=1S/C14H25N3.C5H10/c1-5-12-10-15-17(11-12)13-6-8-16(9-7-13)14(2,3)4;1-4-5(2)3/h10-11,13H,5-9H2,1-4H3;2,4H2,1,3H3. The van der Waals surface area contributed by atoms with Gasteiger partial charge in [0.05, 0.1) is 12.2 Å². The Morgan fingerprint density at radius 1 is 1.27 bits per heavy atom. The van der Waals surface area contributed by atoms with Crippen molar-refractivity contribution in [1.82, 2.24) is 14.7 Å². The second-order valence-corrected chi connectivity index (χ2v) is 7.38. The highest BCUT2D eigenvalue weighted by Crippen LogP contribution is 2.26. The number of piperidine rings is 1. The maximum atomic E-state index is 4.50. The van der Waals surface area contributed by atoms with E-state index in [1.54, 1.807) is 0 Å². The zero-order valence-corrected chi connectivity index (χ0v) is 15.5. The fraction of sp³-hybridized carbons (Fsp3) is 0.737. The molecule has 1 fully saturated rings. The summed E-state index contributed by atoms with van der Waals surface area (Å²) in [6.45, 7) is 19.3. The van der Waals surface area contributed by atoms with E-state index in [-0.39, 0.29) is 0 Å². The highest BCUT2D eigenvalue weighted by molar-refractivity contribution is 5.04. The average molecular weight is 306 g/mol. The van der Waals surface area contributed by atoms with Gasteiger partial charge in [0.1, 0.15) is 0 Å². The lowest BCUT2D eigenvalue weighted by molar-refractivity contribution is 0.0870. The van der Waals surface area contributed by atoms with Gasteiger partial charge < -0.3 is 0 Å². The number of hydrogen-bond donors (Lipinski definition) is 0. The average Bonchev–Trinajstić information content (AvgIpc) is 2.96. The first-order valence-electron chi connectivity index (χ1n) is 8.70. The van der Waals surface area contributed by atoms with Gasteiger partial charge in [-0.15, -0.1) is 6.58 Å². The first-order valence-corrected chi connectivity index (χ1v) is 8.70. The largest absolute Gasteiger partial charge is 0.298 e. The lowest BCUT2D eigenvalue weighted by atomic mass is 9.98. The number of aromatic nitrogens is 2. The van der Waals surface area contributed by atoms with Crippen LogP contribution in [0.25, 0.3) is 0 Å². The van der Waals surface area contributed by atoms with Crippen molar-refractivity contribution in [3.8, 4) is 0 Å². The Balaban J connectivity index is 0.000000422. The van der Waals surface area contributed by atoms with Crippen LogP contribution in [0.4, 0.5) is 0 Å². The first kappa shape index (κ1) is 19.0. The molecular formula is C19H35N3. The normalized spacial score (nSPS) is 17.0. The molecule has 1 aromatic heterocycles. The van der Waals surface area contributed by atoms with Gasteiger partial charge in [0.25, 0.3) is 0 Å². The Morgan fingerprint density at radius 2 is 1.82 bits per heavy atom. The number of nitrogens with zero attached hydrogens (tertiary/aromatic N) is 3. The maximum Gasteiger partial charge on any atom is 0.0543 e. The Bertz CT molecular complexity index is 445. The van der Waals surface area contributed by atoms with Crippen molar-refractivity contribution in [3.05, 3.63) is 30.1 Å². The topological polar surface area (TPSA) is 21.1 Å². The fourth-order valence-electron chi connectivity index (χ4n) is 2.56. The molecule has 0 radical (unpaired) electrons. The van der Waals surface area contributed by atoms with Gasteiger partial charge in [0.15, 0.2) is 0 Å². The molecule has 0 bridgehead atoms. The van der Waals surface area contributed by atoms with E-state index in [2.05, 4.69) is 62.1 Å². The Kier molecular flexibility index (Phi) is 7.34. The predicted octanol–water partition coefficient (Wildman–Crippen LogP) is 4.85. The van der Waals surface area contributed by atoms with Crippen LogP contribution in [0.1, 0.15) is 72.4 Å². The van der Waals surface area contributed by atoms with Crippen molar-refractivity contribution in [2.24, 2.45) is 0 Å². The molecule has 0 spiro atoms. The molecule has 1 aromatic rings. The molecule has 1 aliphatic heterocycles. The molecule has 0 aromatic carbocycles. The number of likely N-dealkylation sites (tertiary alicyclic amines) is 1. The molecule has 0 atom stereocenters. The van der Waals surface area contributed by atoms with E-state index in [0.29, 0.717) is 11.6 Å². The van der Waals surface area contributed by atoms with Crippen molar-refractivity contribution in [2.75, 3.05) is 13.1 Å². The summed E-state index contributed by atoms with van der Waals surface area (Å²) in [5.41, 5.74) is 2.91. The molecule has 3 nitrogen and oxygen atoms in total. The van der Waals surface area contributed by atoms with E-state index in [1.807, 2.05) is 13.1 Å². The minimum atomic E-state index is 0.309. The third-order valence-electron chi connectivity index (χ3n) is 4.45. The second kappa shape index (κ2) is 8.52. The maximum absolute atomic E-state index is 4.50. The first-order chi connectivity index (χ1) is 10.3. The summed E-state index contributed by atoms with van der Waals surface area (Å²) in [7, 11) is 0. The quantitative estimate of drug-likeness (QED) is 0.744. The Hall–Kier alpha value is -1.09. The molecule has 0 aliphatic carbocycles. The second-order valence-electron chi connectivity index (χ2n) is 7.38. The minimum absolute atomic E-state index is 0.309. The van der Waals surface area contributed by atoms with Crippen LogP contribution >= 0.6 is 0 Å². The van der Waals surface area contributed by atoms with Gasteiger partial charge in [-0.2, -0.15) is 5.10 Å². The summed E-state index contributed by atoms with van der Waals surface area (Å²) in [5.74, 6) is 0. The molecular weight excluding hydrogens is 270 g/mol. The van der Waals surface area contributed by atoms with E-state index in [4.69, 9.17) is 0 Å². The molecule has 2 heterocycles. The molecule has 126 valence electrons. The van der Waals surface area contributed by atoms with E-state index in [0.717, 1.165) is 12.8 Å².